The fourth-order valence-corrected chi connectivity index (χ4v) is 2.70. The molecule has 136 valence electrons. The molecule has 3 rings (SSSR count). The van der Waals surface area contributed by atoms with Gasteiger partial charge in [0.05, 0.1) is 13.1 Å². The summed E-state index contributed by atoms with van der Waals surface area (Å²) in [5.41, 5.74) is 10.1. The van der Waals surface area contributed by atoms with Crippen molar-refractivity contribution >= 4 is 28.9 Å². The van der Waals surface area contributed by atoms with Gasteiger partial charge >= 0.3 is 11.9 Å². The predicted octanol–water partition coefficient (Wildman–Crippen LogP) is 0.790. The molecule has 3 aromatic rings. The summed E-state index contributed by atoms with van der Waals surface area (Å²) in [5.74, 6) is -3.18. The number of imidazole rings is 1. The molecular weight excluding hydrogens is 334 g/mol. The molecule has 26 heavy (non-hydrogen) atoms. The number of hydrogen-bond acceptors (Lipinski definition) is 4. The second-order valence-electron chi connectivity index (χ2n) is 5.66. The average Bonchev–Trinajstić information content (AvgIpc) is 2.89. The molecule has 0 aliphatic carbocycles. The summed E-state index contributed by atoms with van der Waals surface area (Å²) >= 11 is 0. The molecule has 3 N–H and O–H groups in total. The molecule has 0 aliphatic heterocycles. The van der Waals surface area contributed by atoms with Crippen LogP contribution in [0.3, 0.4) is 0 Å². The van der Waals surface area contributed by atoms with Crippen molar-refractivity contribution in [2.24, 2.45) is 0 Å². The quantitative estimate of drug-likeness (QED) is 0.531. The molecule has 0 amide bonds. The zero-order valence-electron chi connectivity index (χ0n) is 14.5. The molecular formula is C19H21N3O4. The normalized spacial score (nSPS) is 10.2. The molecule has 7 nitrogen and oxygen atoms in total. The highest BCUT2D eigenvalue weighted by Gasteiger charge is 2.19. The van der Waals surface area contributed by atoms with E-state index in [1.165, 1.54) is 16.6 Å². The number of carboxylic acids is 2. The summed E-state index contributed by atoms with van der Waals surface area (Å²) in [7, 11) is 0. The summed E-state index contributed by atoms with van der Waals surface area (Å²) in [4.78, 5) is 18.0. The number of benzene rings is 2. The van der Waals surface area contributed by atoms with Crippen LogP contribution in [-0.4, -0.2) is 21.6 Å². The van der Waals surface area contributed by atoms with Gasteiger partial charge in [0.2, 0.25) is 0 Å². The van der Waals surface area contributed by atoms with E-state index < -0.39 is 11.9 Å². The van der Waals surface area contributed by atoms with Gasteiger partial charge in [-0.05, 0) is 24.1 Å². The van der Waals surface area contributed by atoms with Crippen molar-refractivity contribution in [1.29, 1.82) is 0 Å². The van der Waals surface area contributed by atoms with Crippen LogP contribution in [0.2, 0.25) is 0 Å². The number of carboxylic acid groups (broad SMARTS) is 2. The first-order valence-electron chi connectivity index (χ1n) is 8.20. The van der Waals surface area contributed by atoms with Crippen molar-refractivity contribution < 1.29 is 24.4 Å². The summed E-state index contributed by atoms with van der Waals surface area (Å²) in [5, 5.41) is 16.3. The Hall–Kier alpha value is -3.35. The molecule has 0 fully saturated rings. The van der Waals surface area contributed by atoms with Crippen LogP contribution < -0.4 is 15.4 Å². The number of aliphatic carboxylic acids is 2. The molecule has 0 unspecified atom stereocenters. The van der Waals surface area contributed by atoms with E-state index in [1.807, 2.05) is 6.07 Å². The van der Waals surface area contributed by atoms with E-state index in [4.69, 9.17) is 25.5 Å². The van der Waals surface area contributed by atoms with Crippen molar-refractivity contribution in [3.8, 4) is 0 Å². The maximum Gasteiger partial charge on any atom is 0.356 e. The first kappa shape index (κ1) is 19.0. The second-order valence-corrected chi connectivity index (χ2v) is 5.66. The lowest BCUT2D eigenvalue weighted by Gasteiger charge is -2.02. The highest BCUT2D eigenvalue weighted by Crippen LogP contribution is 2.17. The van der Waals surface area contributed by atoms with Crippen LogP contribution in [0.5, 0.6) is 0 Å². The second kappa shape index (κ2) is 8.66. The Morgan fingerprint density at radius 1 is 1.12 bits per heavy atom. The monoisotopic (exact) mass is 355 g/mol. The van der Waals surface area contributed by atoms with Gasteiger partial charge in [-0.1, -0.05) is 49.4 Å². The molecule has 1 heterocycles. The minimum absolute atomic E-state index is 0.809. The minimum atomic E-state index is -2.07. The molecule has 0 bridgehead atoms. The summed E-state index contributed by atoms with van der Waals surface area (Å²) in [6.45, 7) is 3.94. The third kappa shape index (κ3) is 4.38. The van der Waals surface area contributed by atoms with Crippen LogP contribution in [-0.2, 0) is 22.7 Å². The molecule has 1 aromatic heterocycles. The van der Waals surface area contributed by atoms with Gasteiger partial charge in [-0.15, -0.1) is 0 Å². The number of fused-ring (bicyclic) bond motifs is 1. The SMILES string of the molecule is CCCn1c(N)[n+](Cc2ccccc2)c2ccccc21.O=C([O-])C(=O)O. The van der Waals surface area contributed by atoms with E-state index in [9.17, 15) is 0 Å². The maximum atomic E-state index is 9.04. The van der Waals surface area contributed by atoms with Crippen LogP contribution in [0.1, 0.15) is 18.9 Å². The van der Waals surface area contributed by atoms with Crippen LogP contribution in [0.4, 0.5) is 5.95 Å². The minimum Gasteiger partial charge on any atom is -0.539 e. The number of para-hydroxylation sites is 2. The van der Waals surface area contributed by atoms with E-state index in [-0.39, 0.29) is 0 Å². The molecule has 0 spiro atoms. The Bertz CT molecular complexity index is 892. The standard InChI is InChI=1S/C17H19N3.C2H2O4/c1-2-12-19-15-10-6-7-11-16(15)20(17(19)18)13-14-8-4-3-5-9-14;3-1(4)2(5)6/h3-11,18H,2,12-13H2,1H3;(H,3,4)(H,5,6). The smallest absolute Gasteiger partial charge is 0.356 e. The maximum absolute atomic E-state index is 9.04. The van der Waals surface area contributed by atoms with E-state index in [1.54, 1.807) is 0 Å². The van der Waals surface area contributed by atoms with E-state index >= 15 is 0 Å². The Kier molecular flexibility index (Phi) is 6.32. The number of nitrogens with zero attached hydrogens (tertiary/aromatic N) is 2. The molecule has 0 saturated carbocycles. The highest BCUT2D eigenvalue weighted by atomic mass is 16.4. The van der Waals surface area contributed by atoms with Crippen molar-refractivity contribution in [1.82, 2.24) is 4.57 Å². The Labute approximate surface area is 150 Å². The van der Waals surface area contributed by atoms with Gasteiger partial charge in [0.1, 0.15) is 11.0 Å². The summed E-state index contributed by atoms with van der Waals surface area (Å²) in [6.07, 6.45) is 1.08. The summed E-state index contributed by atoms with van der Waals surface area (Å²) in [6, 6.07) is 18.9. The molecule has 0 aliphatic rings. The van der Waals surface area contributed by atoms with Gasteiger partial charge in [-0.25, -0.2) is 13.9 Å². The van der Waals surface area contributed by atoms with Crippen LogP contribution in [0.25, 0.3) is 11.0 Å². The number of aromatic nitrogens is 2. The van der Waals surface area contributed by atoms with Crippen LogP contribution >= 0.6 is 0 Å². The number of anilines is 1. The molecule has 2 aromatic carbocycles. The van der Waals surface area contributed by atoms with Crippen molar-refractivity contribution in [2.45, 2.75) is 26.4 Å². The zero-order valence-corrected chi connectivity index (χ0v) is 14.5. The van der Waals surface area contributed by atoms with E-state index in [0.29, 0.717) is 0 Å². The van der Waals surface area contributed by atoms with Crippen molar-refractivity contribution in [2.75, 3.05) is 5.73 Å². The number of rotatable bonds is 4. The fourth-order valence-electron chi connectivity index (χ4n) is 2.70. The van der Waals surface area contributed by atoms with Gasteiger partial charge in [0.25, 0.3) is 0 Å². The van der Waals surface area contributed by atoms with Crippen molar-refractivity contribution in [3.63, 3.8) is 0 Å². The largest absolute Gasteiger partial charge is 0.539 e. The number of nitrogen functional groups attached to an aromatic ring is 1. The number of nitrogens with two attached hydrogens (primary N) is 1. The number of aryl methyl sites for hydroxylation is 1. The van der Waals surface area contributed by atoms with Gasteiger partial charge < -0.3 is 15.0 Å². The topological polar surface area (TPSA) is 112 Å². The first-order valence-corrected chi connectivity index (χ1v) is 8.20. The highest BCUT2D eigenvalue weighted by molar-refractivity contribution is 6.26. The van der Waals surface area contributed by atoms with Gasteiger partial charge in [0, 0.05) is 0 Å². The predicted molar refractivity (Wildman–Crippen MR) is 95.0 cm³/mol. The third-order valence-electron chi connectivity index (χ3n) is 3.82. The molecule has 0 saturated heterocycles. The lowest BCUT2D eigenvalue weighted by molar-refractivity contribution is -0.648. The Morgan fingerprint density at radius 2 is 1.69 bits per heavy atom. The van der Waals surface area contributed by atoms with Crippen molar-refractivity contribution in [3.05, 3.63) is 60.2 Å². The van der Waals surface area contributed by atoms with E-state index in [2.05, 4.69) is 64.6 Å². The lowest BCUT2D eigenvalue weighted by Crippen LogP contribution is -2.37. The Morgan fingerprint density at radius 3 is 2.27 bits per heavy atom. The first-order chi connectivity index (χ1) is 12.5. The number of carbonyl (C=O) groups excluding carboxylic acids is 1. The van der Waals surface area contributed by atoms with Gasteiger partial charge in [-0.2, -0.15) is 0 Å². The zero-order chi connectivity index (χ0) is 19.1. The van der Waals surface area contributed by atoms with E-state index in [0.717, 1.165) is 25.5 Å². The van der Waals surface area contributed by atoms with Crippen LogP contribution in [0.15, 0.2) is 54.6 Å². The number of hydrogen-bond donors (Lipinski definition) is 2. The Balaban J connectivity index is 0.000000352. The fraction of sp³-hybridized carbons (Fsp3) is 0.211. The molecule has 7 heteroatoms. The molecule has 0 atom stereocenters. The van der Waals surface area contributed by atoms with Gasteiger partial charge in [0.15, 0.2) is 5.97 Å². The van der Waals surface area contributed by atoms with Gasteiger partial charge in [-0.3, -0.25) is 5.73 Å². The van der Waals surface area contributed by atoms with Crippen LogP contribution in [0, 0.1) is 0 Å². The third-order valence-corrected chi connectivity index (χ3v) is 3.82. The summed E-state index contributed by atoms with van der Waals surface area (Å²) < 4.78 is 4.40. The lowest BCUT2D eigenvalue weighted by atomic mass is 10.2. The number of carbonyl (C=O) groups is 2. The average molecular weight is 355 g/mol. The molecule has 0 radical (unpaired) electrons.